The van der Waals surface area contributed by atoms with Crippen LogP contribution < -0.4 is 4.74 Å². The number of halogens is 2. The van der Waals surface area contributed by atoms with Gasteiger partial charge in [-0.25, -0.2) is 4.39 Å². The maximum atomic E-state index is 13.6. The monoisotopic (exact) mass is 254 g/mol. The summed E-state index contributed by atoms with van der Waals surface area (Å²) < 4.78 is 32.4. The van der Waals surface area contributed by atoms with Crippen LogP contribution in [0.15, 0.2) is 18.2 Å². The normalized spacial score (nSPS) is 27.4. The van der Waals surface area contributed by atoms with E-state index >= 15 is 0 Å². The minimum absolute atomic E-state index is 0.0367. The van der Waals surface area contributed by atoms with Crippen molar-refractivity contribution in [2.24, 2.45) is 5.92 Å². The fraction of sp³-hybridized carbons (Fsp3) is 0.600. The van der Waals surface area contributed by atoms with Crippen molar-refractivity contribution in [2.45, 2.75) is 51.6 Å². The van der Waals surface area contributed by atoms with Gasteiger partial charge in [-0.2, -0.15) is 4.39 Å². The lowest BCUT2D eigenvalue weighted by molar-refractivity contribution is 0.0852. The minimum Gasteiger partial charge on any atom is -0.484 e. The minimum atomic E-state index is -0.877. The van der Waals surface area contributed by atoms with E-state index in [9.17, 15) is 8.78 Å². The van der Waals surface area contributed by atoms with Crippen LogP contribution >= 0.6 is 0 Å². The Balaban J connectivity index is 2.07. The third-order valence-corrected chi connectivity index (χ3v) is 3.77. The van der Waals surface area contributed by atoms with E-state index in [1.807, 2.05) is 6.92 Å². The average Bonchev–Trinajstić information content (AvgIpc) is 2.68. The molecule has 0 amide bonds. The summed E-state index contributed by atoms with van der Waals surface area (Å²) in [5.74, 6) is -1.04. The van der Waals surface area contributed by atoms with E-state index in [1.54, 1.807) is 0 Å². The summed E-state index contributed by atoms with van der Waals surface area (Å²) in [5, 5.41) is 0. The van der Waals surface area contributed by atoms with Crippen LogP contribution in [0, 0.1) is 17.6 Å². The molecule has 1 aromatic rings. The number of hydrogen-bond donors (Lipinski definition) is 0. The van der Waals surface area contributed by atoms with Crippen molar-refractivity contribution in [1.82, 2.24) is 0 Å². The highest BCUT2D eigenvalue weighted by atomic mass is 19.2. The van der Waals surface area contributed by atoms with E-state index in [4.69, 9.17) is 4.74 Å². The molecule has 1 aliphatic carbocycles. The number of rotatable bonds is 4. The molecule has 1 fully saturated rings. The molecule has 0 spiro atoms. The molecule has 1 saturated carbocycles. The van der Waals surface area contributed by atoms with Crippen molar-refractivity contribution < 1.29 is 13.5 Å². The Morgan fingerprint density at radius 2 is 2.17 bits per heavy atom. The van der Waals surface area contributed by atoms with Crippen molar-refractivity contribution in [1.29, 1.82) is 0 Å². The number of benzene rings is 1. The molecular formula is C15H20F2O. The Morgan fingerprint density at radius 1 is 1.39 bits per heavy atom. The summed E-state index contributed by atoms with van der Waals surface area (Å²) in [6, 6.07) is 4.09. The first kappa shape index (κ1) is 13.3. The van der Waals surface area contributed by atoms with Gasteiger partial charge in [-0.3, -0.25) is 0 Å². The Labute approximate surface area is 107 Å². The lowest BCUT2D eigenvalue weighted by Gasteiger charge is -2.26. The SMILES string of the molecule is CCCC1CCC(C)(Oc2cccc(F)c2F)C1. The van der Waals surface area contributed by atoms with Gasteiger partial charge in [0.15, 0.2) is 11.6 Å². The van der Waals surface area contributed by atoms with Crippen molar-refractivity contribution in [3.63, 3.8) is 0 Å². The average molecular weight is 254 g/mol. The second-order valence-electron chi connectivity index (χ2n) is 5.50. The van der Waals surface area contributed by atoms with E-state index in [0.717, 1.165) is 31.7 Å². The Morgan fingerprint density at radius 3 is 2.89 bits per heavy atom. The molecule has 0 N–H and O–H groups in total. The van der Waals surface area contributed by atoms with Gasteiger partial charge in [-0.05, 0) is 44.2 Å². The van der Waals surface area contributed by atoms with E-state index in [2.05, 4.69) is 6.92 Å². The molecule has 0 heterocycles. The number of hydrogen-bond acceptors (Lipinski definition) is 1. The second kappa shape index (κ2) is 5.25. The molecule has 0 radical (unpaired) electrons. The molecule has 3 heteroatoms. The molecule has 2 unspecified atom stereocenters. The predicted octanol–water partition coefficient (Wildman–Crippen LogP) is 4.70. The van der Waals surface area contributed by atoms with Crippen LogP contribution in [0.25, 0.3) is 0 Å². The summed E-state index contributed by atoms with van der Waals surface area (Å²) in [6.45, 7) is 4.16. The molecule has 0 saturated heterocycles. The van der Waals surface area contributed by atoms with E-state index in [-0.39, 0.29) is 11.4 Å². The molecule has 100 valence electrons. The van der Waals surface area contributed by atoms with Crippen LogP contribution in [0.2, 0.25) is 0 Å². The standard InChI is InChI=1S/C15H20F2O/c1-3-5-11-8-9-15(2,10-11)18-13-7-4-6-12(16)14(13)17/h4,6-7,11H,3,5,8-10H2,1-2H3. The van der Waals surface area contributed by atoms with Gasteiger partial charge in [-0.15, -0.1) is 0 Å². The topological polar surface area (TPSA) is 9.23 Å². The first-order chi connectivity index (χ1) is 8.54. The van der Waals surface area contributed by atoms with Gasteiger partial charge in [0.05, 0.1) is 0 Å². The zero-order valence-corrected chi connectivity index (χ0v) is 11.0. The summed E-state index contributed by atoms with van der Waals surface area (Å²) >= 11 is 0. The van der Waals surface area contributed by atoms with Crippen molar-refractivity contribution >= 4 is 0 Å². The van der Waals surface area contributed by atoms with Gasteiger partial charge >= 0.3 is 0 Å². The highest BCUT2D eigenvalue weighted by molar-refractivity contribution is 5.26. The van der Waals surface area contributed by atoms with E-state index in [1.165, 1.54) is 18.6 Å². The van der Waals surface area contributed by atoms with Crippen LogP contribution in [0.1, 0.15) is 46.0 Å². The Bertz CT molecular complexity index is 419. The molecule has 1 aromatic carbocycles. The molecule has 0 aliphatic heterocycles. The third-order valence-electron chi connectivity index (χ3n) is 3.77. The molecule has 1 nitrogen and oxygen atoms in total. The van der Waals surface area contributed by atoms with Crippen LogP contribution in [0.3, 0.4) is 0 Å². The number of ether oxygens (including phenoxy) is 1. The van der Waals surface area contributed by atoms with Gasteiger partial charge in [0.1, 0.15) is 5.60 Å². The quantitative estimate of drug-likeness (QED) is 0.756. The van der Waals surface area contributed by atoms with E-state index < -0.39 is 11.6 Å². The first-order valence-corrected chi connectivity index (χ1v) is 6.67. The largest absolute Gasteiger partial charge is 0.484 e. The highest BCUT2D eigenvalue weighted by Gasteiger charge is 2.37. The van der Waals surface area contributed by atoms with Gasteiger partial charge < -0.3 is 4.74 Å². The molecular weight excluding hydrogens is 234 g/mol. The van der Waals surface area contributed by atoms with Crippen LogP contribution in [0.5, 0.6) is 5.75 Å². The maximum Gasteiger partial charge on any atom is 0.200 e. The fourth-order valence-electron chi connectivity index (χ4n) is 2.90. The summed E-state index contributed by atoms with van der Waals surface area (Å²) in [4.78, 5) is 0. The van der Waals surface area contributed by atoms with Crippen LogP contribution in [-0.2, 0) is 0 Å². The third kappa shape index (κ3) is 2.82. The zero-order chi connectivity index (χ0) is 13.2. The summed E-state index contributed by atoms with van der Waals surface area (Å²) in [7, 11) is 0. The Kier molecular flexibility index (Phi) is 3.88. The first-order valence-electron chi connectivity index (χ1n) is 6.67. The smallest absolute Gasteiger partial charge is 0.200 e. The van der Waals surface area contributed by atoms with Crippen LogP contribution in [-0.4, -0.2) is 5.60 Å². The summed E-state index contributed by atoms with van der Waals surface area (Å²) in [6.07, 6.45) is 5.30. The van der Waals surface area contributed by atoms with Gasteiger partial charge in [-0.1, -0.05) is 25.8 Å². The molecule has 2 atom stereocenters. The van der Waals surface area contributed by atoms with E-state index in [0.29, 0.717) is 5.92 Å². The van der Waals surface area contributed by atoms with Gasteiger partial charge in [0.25, 0.3) is 0 Å². The molecule has 0 bridgehead atoms. The van der Waals surface area contributed by atoms with Gasteiger partial charge in [0.2, 0.25) is 5.82 Å². The fourth-order valence-corrected chi connectivity index (χ4v) is 2.90. The van der Waals surface area contributed by atoms with Crippen molar-refractivity contribution in [3.8, 4) is 5.75 Å². The second-order valence-corrected chi connectivity index (χ2v) is 5.50. The lowest BCUT2D eigenvalue weighted by atomic mass is 9.99. The maximum absolute atomic E-state index is 13.6. The van der Waals surface area contributed by atoms with Gasteiger partial charge in [0, 0.05) is 0 Å². The zero-order valence-electron chi connectivity index (χ0n) is 11.0. The molecule has 0 aromatic heterocycles. The predicted molar refractivity (Wildman–Crippen MR) is 67.6 cm³/mol. The molecule has 1 aliphatic rings. The lowest BCUT2D eigenvalue weighted by Crippen LogP contribution is -2.29. The molecule has 2 rings (SSSR count). The van der Waals surface area contributed by atoms with Crippen LogP contribution in [0.4, 0.5) is 8.78 Å². The van der Waals surface area contributed by atoms with Crippen molar-refractivity contribution in [2.75, 3.05) is 0 Å². The van der Waals surface area contributed by atoms with Crippen molar-refractivity contribution in [3.05, 3.63) is 29.8 Å². The highest BCUT2D eigenvalue weighted by Crippen LogP contribution is 2.40. The Hall–Kier alpha value is -1.12. The summed E-state index contributed by atoms with van der Waals surface area (Å²) in [5.41, 5.74) is -0.353. The molecule has 18 heavy (non-hydrogen) atoms.